The zero-order valence-electron chi connectivity index (χ0n) is 11.5. The summed E-state index contributed by atoms with van der Waals surface area (Å²) in [5.41, 5.74) is -0.205. The molecule has 0 heterocycles. The third-order valence-corrected chi connectivity index (χ3v) is 4.01. The zero-order chi connectivity index (χ0) is 12.3. The van der Waals surface area contributed by atoms with Gasteiger partial charge in [-0.2, -0.15) is 0 Å². The molecule has 2 nitrogen and oxygen atoms in total. The lowest BCUT2D eigenvalue weighted by molar-refractivity contribution is -0.0449. The first-order valence-corrected chi connectivity index (χ1v) is 6.57. The maximum atomic E-state index is 10.3. The van der Waals surface area contributed by atoms with Crippen molar-refractivity contribution >= 4 is 0 Å². The van der Waals surface area contributed by atoms with Crippen molar-refractivity contribution in [1.82, 2.24) is 0 Å². The molecular formula is C14H28O2. The minimum absolute atomic E-state index is 0.205. The van der Waals surface area contributed by atoms with E-state index in [2.05, 4.69) is 13.8 Å². The van der Waals surface area contributed by atoms with E-state index in [1.165, 1.54) is 19.3 Å². The van der Waals surface area contributed by atoms with Gasteiger partial charge in [0, 0.05) is 13.5 Å². The Morgan fingerprint density at radius 1 is 1.19 bits per heavy atom. The third-order valence-electron chi connectivity index (χ3n) is 4.01. The van der Waals surface area contributed by atoms with Crippen LogP contribution in [0.15, 0.2) is 0 Å². The van der Waals surface area contributed by atoms with Crippen molar-refractivity contribution in [2.45, 2.75) is 65.1 Å². The first-order valence-electron chi connectivity index (χ1n) is 6.57. The van der Waals surface area contributed by atoms with Crippen LogP contribution in [0.4, 0.5) is 0 Å². The Hall–Kier alpha value is -0.0800. The largest absolute Gasteiger partial charge is 0.393 e. The molecular weight excluding hydrogens is 200 g/mol. The normalized spacial score (nSPS) is 33.8. The summed E-state index contributed by atoms with van der Waals surface area (Å²) in [4.78, 5) is 0. The second-order valence-electron chi connectivity index (χ2n) is 6.41. The molecule has 0 radical (unpaired) electrons. The monoisotopic (exact) mass is 228 g/mol. The molecule has 16 heavy (non-hydrogen) atoms. The number of aliphatic hydroxyl groups excluding tert-OH is 1. The summed E-state index contributed by atoms with van der Waals surface area (Å²) in [5.74, 6) is 1.98. The quantitative estimate of drug-likeness (QED) is 0.800. The van der Waals surface area contributed by atoms with Gasteiger partial charge in [0.2, 0.25) is 0 Å². The van der Waals surface area contributed by atoms with Crippen LogP contribution in [0, 0.1) is 17.8 Å². The van der Waals surface area contributed by atoms with Gasteiger partial charge in [-0.25, -0.2) is 0 Å². The number of rotatable bonds is 4. The average Bonchev–Trinajstić information content (AvgIpc) is 2.15. The Labute approximate surface area is 100 Å². The fourth-order valence-electron chi connectivity index (χ4n) is 3.08. The predicted molar refractivity (Wildman–Crippen MR) is 67.4 cm³/mol. The molecule has 1 aliphatic carbocycles. The van der Waals surface area contributed by atoms with E-state index >= 15 is 0 Å². The van der Waals surface area contributed by atoms with Crippen LogP contribution in [-0.2, 0) is 4.74 Å². The van der Waals surface area contributed by atoms with E-state index in [-0.39, 0.29) is 11.7 Å². The molecule has 3 unspecified atom stereocenters. The highest BCUT2D eigenvalue weighted by molar-refractivity contribution is 4.83. The summed E-state index contributed by atoms with van der Waals surface area (Å²) in [7, 11) is 1.72. The van der Waals surface area contributed by atoms with Crippen LogP contribution < -0.4 is 0 Å². The Bertz CT molecular complexity index is 203. The fourth-order valence-corrected chi connectivity index (χ4v) is 3.08. The second-order valence-corrected chi connectivity index (χ2v) is 6.41. The van der Waals surface area contributed by atoms with Crippen LogP contribution in [0.1, 0.15) is 53.4 Å². The number of hydrogen-bond donors (Lipinski definition) is 1. The maximum absolute atomic E-state index is 10.3. The highest BCUT2D eigenvalue weighted by Crippen LogP contribution is 2.36. The summed E-state index contributed by atoms with van der Waals surface area (Å²) >= 11 is 0. The molecule has 1 rings (SSSR count). The molecule has 1 aliphatic rings. The van der Waals surface area contributed by atoms with Crippen molar-refractivity contribution in [2.24, 2.45) is 17.8 Å². The van der Waals surface area contributed by atoms with Crippen LogP contribution >= 0.6 is 0 Å². The molecule has 0 aromatic rings. The zero-order valence-corrected chi connectivity index (χ0v) is 11.5. The summed E-state index contributed by atoms with van der Waals surface area (Å²) in [6.07, 6.45) is 4.20. The van der Waals surface area contributed by atoms with Crippen molar-refractivity contribution in [3.8, 4) is 0 Å². The first kappa shape index (κ1) is 14.0. The molecule has 1 saturated carbocycles. The SMILES string of the molecule is COC(C)(C)CC(O)C1CC(C)CC(C)C1. The predicted octanol–water partition coefficient (Wildman–Crippen LogP) is 3.23. The topological polar surface area (TPSA) is 29.5 Å². The van der Waals surface area contributed by atoms with Gasteiger partial charge in [0.15, 0.2) is 0 Å². The second kappa shape index (κ2) is 5.50. The summed E-state index contributed by atoms with van der Waals surface area (Å²) < 4.78 is 5.39. The van der Waals surface area contributed by atoms with E-state index < -0.39 is 0 Å². The van der Waals surface area contributed by atoms with Crippen molar-refractivity contribution < 1.29 is 9.84 Å². The molecule has 3 atom stereocenters. The lowest BCUT2D eigenvalue weighted by atomic mass is 9.73. The van der Waals surface area contributed by atoms with Crippen LogP contribution in [0.2, 0.25) is 0 Å². The van der Waals surface area contributed by atoms with E-state index in [0.717, 1.165) is 18.3 Å². The van der Waals surface area contributed by atoms with E-state index in [4.69, 9.17) is 4.74 Å². The number of hydrogen-bond acceptors (Lipinski definition) is 2. The van der Waals surface area contributed by atoms with Gasteiger partial charge >= 0.3 is 0 Å². The third kappa shape index (κ3) is 4.06. The number of ether oxygens (including phenoxy) is 1. The summed E-state index contributed by atoms with van der Waals surface area (Å²) in [6.45, 7) is 8.70. The van der Waals surface area contributed by atoms with Gasteiger partial charge in [-0.1, -0.05) is 13.8 Å². The van der Waals surface area contributed by atoms with Gasteiger partial charge < -0.3 is 9.84 Å². The van der Waals surface area contributed by atoms with Gasteiger partial charge in [-0.05, 0) is 50.9 Å². The molecule has 96 valence electrons. The molecule has 0 bridgehead atoms. The molecule has 2 heteroatoms. The summed E-state index contributed by atoms with van der Waals surface area (Å²) in [5, 5.41) is 10.3. The standard InChI is InChI=1S/C14H28O2/c1-10-6-11(2)8-12(7-10)13(15)9-14(3,4)16-5/h10-13,15H,6-9H2,1-5H3. The van der Waals surface area contributed by atoms with Gasteiger partial charge in [0.25, 0.3) is 0 Å². The van der Waals surface area contributed by atoms with Crippen molar-refractivity contribution in [1.29, 1.82) is 0 Å². The van der Waals surface area contributed by atoms with Crippen LogP contribution in [0.25, 0.3) is 0 Å². The van der Waals surface area contributed by atoms with Crippen molar-refractivity contribution in [3.63, 3.8) is 0 Å². The first-order chi connectivity index (χ1) is 7.34. The lowest BCUT2D eigenvalue weighted by Gasteiger charge is -2.37. The minimum Gasteiger partial charge on any atom is -0.393 e. The Kier molecular flexibility index (Phi) is 4.81. The molecule has 0 saturated heterocycles. The van der Waals surface area contributed by atoms with Gasteiger partial charge in [0.1, 0.15) is 0 Å². The van der Waals surface area contributed by atoms with Crippen molar-refractivity contribution in [3.05, 3.63) is 0 Å². The highest BCUT2D eigenvalue weighted by atomic mass is 16.5. The number of methoxy groups -OCH3 is 1. The highest BCUT2D eigenvalue weighted by Gasteiger charge is 2.32. The van der Waals surface area contributed by atoms with E-state index in [9.17, 15) is 5.11 Å². The summed E-state index contributed by atoms with van der Waals surface area (Å²) in [6, 6.07) is 0. The van der Waals surface area contributed by atoms with E-state index in [1.807, 2.05) is 13.8 Å². The molecule has 0 aliphatic heterocycles. The van der Waals surface area contributed by atoms with Gasteiger partial charge in [-0.3, -0.25) is 0 Å². The van der Waals surface area contributed by atoms with Gasteiger partial charge in [-0.15, -0.1) is 0 Å². The molecule has 1 fully saturated rings. The fraction of sp³-hybridized carbons (Fsp3) is 1.00. The maximum Gasteiger partial charge on any atom is 0.0647 e. The number of aliphatic hydroxyl groups is 1. The van der Waals surface area contributed by atoms with Gasteiger partial charge in [0.05, 0.1) is 11.7 Å². The molecule has 1 N–H and O–H groups in total. The van der Waals surface area contributed by atoms with E-state index in [0.29, 0.717) is 5.92 Å². The van der Waals surface area contributed by atoms with Crippen LogP contribution in [-0.4, -0.2) is 23.9 Å². The van der Waals surface area contributed by atoms with Crippen LogP contribution in [0.3, 0.4) is 0 Å². The van der Waals surface area contributed by atoms with Crippen LogP contribution in [0.5, 0.6) is 0 Å². The lowest BCUT2D eigenvalue weighted by Crippen LogP contribution is -2.36. The Balaban J connectivity index is 2.50. The van der Waals surface area contributed by atoms with Crippen molar-refractivity contribution in [2.75, 3.05) is 7.11 Å². The molecule has 0 aromatic heterocycles. The minimum atomic E-state index is -0.208. The molecule has 0 aromatic carbocycles. The Morgan fingerprint density at radius 2 is 1.69 bits per heavy atom. The van der Waals surface area contributed by atoms with E-state index in [1.54, 1.807) is 7.11 Å². The molecule has 0 spiro atoms. The average molecular weight is 228 g/mol. The molecule has 0 amide bonds. The Morgan fingerprint density at radius 3 is 2.12 bits per heavy atom. The smallest absolute Gasteiger partial charge is 0.0647 e.